The van der Waals surface area contributed by atoms with Gasteiger partial charge in [-0.25, -0.2) is 0 Å². The Morgan fingerprint density at radius 3 is 2.71 bits per heavy atom. The second-order valence-corrected chi connectivity index (χ2v) is 4.44. The van der Waals surface area contributed by atoms with E-state index in [1.807, 2.05) is 0 Å². The molecule has 21 heavy (non-hydrogen) atoms. The average Bonchev–Trinajstić information content (AvgIpc) is 2.43. The molecule has 1 N–H and O–H groups in total. The van der Waals surface area contributed by atoms with Crippen molar-refractivity contribution < 1.29 is 19.2 Å². The minimum absolute atomic E-state index is 0.0574. The second-order valence-electron chi connectivity index (χ2n) is 4.44. The van der Waals surface area contributed by atoms with Crippen LogP contribution in [0.15, 0.2) is 18.2 Å². The fourth-order valence-electron chi connectivity index (χ4n) is 1.84. The van der Waals surface area contributed by atoms with Gasteiger partial charge in [-0.3, -0.25) is 14.9 Å². The lowest BCUT2D eigenvalue weighted by atomic mass is 10.2. The largest absolute Gasteiger partial charge is 0.494 e. The highest BCUT2D eigenvalue weighted by Crippen LogP contribution is 2.23. The fraction of sp³-hybridized carbons (Fsp3) is 0.500. The zero-order chi connectivity index (χ0) is 15.8. The number of rotatable bonds is 8. The molecule has 0 bridgehead atoms. The van der Waals surface area contributed by atoms with Crippen molar-refractivity contribution in [3.63, 3.8) is 0 Å². The molecule has 0 aliphatic heterocycles. The van der Waals surface area contributed by atoms with Crippen LogP contribution in [0.5, 0.6) is 5.75 Å². The van der Waals surface area contributed by atoms with E-state index in [9.17, 15) is 14.9 Å². The number of ether oxygens (including phenoxy) is 2. The summed E-state index contributed by atoms with van der Waals surface area (Å²) in [4.78, 5) is 21.9. The second kappa shape index (κ2) is 8.21. The maximum atomic E-state index is 11.6. The summed E-state index contributed by atoms with van der Waals surface area (Å²) in [5.41, 5.74) is 0.593. The van der Waals surface area contributed by atoms with E-state index >= 15 is 0 Å². The van der Waals surface area contributed by atoms with Crippen LogP contribution < -0.4 is 10.1 Å². The quantitative estimate of drug-likeness (QED) is 0.447. The van der Waals surface area contributed by atoms with Gasteiger partial charge >= 0.3 is 5.97 Å². The number of nitrogens with one attached hydrogen (secondary N) is 1. The molecule has 0 heterocycles. The van der Waals surface area contributed by atoms with Gasteiger partial charge in [-0.15, -0.1) is 0 Å². The Balaban J connectivity index is 2.53. The van der Waals surface area contributed by atoms with Gasteiger partial charge in [-0.2, -0.15) is 0 Å². The molecule has 0 amide bonds. The minimum Gasteiger partial charge on any atom is -0.494 e. The summed E-state index contributed by atoms with van der Waals surface area (Å²) < 4.78 is 10.4. The summed E-state index contributed by atoms with van der Waals surface area (Å²) in [6.07, 6.45) is 0.450. The van der Waals surface area contributed by atoms with E-state index in [0.29, 0.717) is 30.9 Å². The molecule has 1 unspecified atom stereocenters. The van der Waals surface area contributed by atoms with Gasteiger partial charge in [-0.1, -0.05) is 0 Å². The van der Waals surface area contributed by atoms with Crippen LogP contribution >= 0.6 is 0 Å². The Kier molecular flexibility index (Phi) is 6.61. The molecular weight excluding hydrogens is 276 g/mol. The number of carbonyl (C=O) groups excluding carboxylic acids is 1. The Labute approximate surface area is 123 Å². The van der Waals surface area contributed by atoms with Crippen LogP contribution in [0, 0.1) is 17.0 Å². The summed E-state index contributed by atoms with van der Waals surface area (Å²) >= 11 is 0. The fourth-order valence-corrected chi connectivity index (χ4v) is 1.84. The van der Waals surface area contributed by atoms with Crippen LogP contribution in [-0.2, 0) is 9.53 Å². The molecule has 0 radical (unpaired) electrons. The first-order valence-electron chi connectivity index (χ1n) is 6.71. The van der Waals surface area contributed by atoms with E-state index in [0.717, 1.165) is 0 Å². The Bertz CT molecular complexity index is 504. The number of nitro benzene ring substituents is 1. The van der Waals surface area contributed by atoms with Crippen LogP contribution in [-0.4, -0.2) is 37.2 Å². The van der Waals surface area contributed by atoms with E-state index in [1.54, 1.807) is 33.0 Å². The highest BCUT2D eigenvalue weighted by atomic mass is 16.6. The third-order valence-corrected chi connectivity index (χ3v) is 2.96. The molecule has 1 aromatic rings. The molecule has 0 spiro atoms. The van der Waals surface area contributed by atoms with Gasteiger partial charge in [0, 0.05) is 18.1 Å². The van der Waals surface area contributed by atoms with Crippen molar-refractivity contribution in [2.24, 2.45) is 0 Å². The monoisotopic (exact) mass is 296 g/mol. The van der Waals surface area contributed by atoms with Gasteiger partial charge in [0.25, 0.3) is 5.69 Å². The van der Waals surface area contributed by atoms with E-state index in [4.69, 9.17) is 9.47 Å². The summed E-state index contributed by atoms with van der Waals surface area (Å²) in [5, 5.41) is 13.6. The normalized spacial score (nSPS) is 11.8. The van der Waals surface area contributed by atoms with Crippen LogP contribution in [0.25, 0.3) is 0 Å². The van der Waals surface area contributed by atoms with Crippen molar-refractivity contribution in [2.45, 2.75) is 26.3 Å². The van der Waals surface area contributed by atoms with Crippen LogP contribution in [0.2, 0.25) is 0 Å². The smallest absolute Gasteiger partial charge is 0.323 e. The number of aryl methyl sites for hydroxylation is 1. The molecule has 7 heteroatoms. The van der Waals surface area contributed by atoms with Crippen molar-refractivity contribution in [3.05, 3.63) is 33.9 Å². The number of nitro groups is 1. The molecule has 1 rings (SSSR count). The van der Waals surface area contributed by atoms with Crippen molar-refractivity contribution in [1.82, 2.24) is 5.32 Å². The molecule has 0 aliphatic carbocycles. The van der Waals surface area contributed by atoms with Gasteiger partial charge in [0.2, 0.25) is 0 Å². The predicted octanol–water partition coefficient (Wildman–Crippen LogP) is 1.82. The Morgan fingerprint density at radius 1 is 1.48 bits per heavy atom. The lowest BCUT2D eigenvalue weighted by Crippen LogP contribution is -2.36. The van der Waals surface area contributed by atoms with E-state index in [2.05, 4.69) is 5.32 Å². The first-order valence-corrected chi connectivity index (χ1v) is 6.71. The zero-order valence-corrected chi connectivity index (χ0v) is 12.4. The zero-order valence-electron chi connectivity index (χ0n) is 12.4. The van der Waals surface area contributed by atoms with Gasteiger partial charge in [0.15, 0.2) is 0 Å². The first-order chi connectivity index (χ1) is 9.99. The predicted molar refractivity (Wildman–Crippen MR) is 77.4 cm³/mol. The first kappa shape index (κ1) is 16.9. The third kappa shape index (κ3) is 5.03. The lowest BCUT2D eigenvalue weighted by molar-refractivity contribution is -0.385. The summed E-state index contributed by atoms with van der Waals surface area (Å²) in [5.74, 6) is 0.222. The molecule has 116 valence electrons. The van der Waals surface area contributed by atoms with Crippen LogP contribution in [0.4, 0.5) is 5.69 Å². The SMILES string of the molecule is CCOC(=O)C(CCOc1ccc([N+](=O)[O-])c(C)c1)NC. The van der Waals surface area contributed by atoms with Gasteiger partial charge in [0.1, 0.15) is 11.8 Å². The van der Waals surface area contributed by atoms with Crippen LogP contribution in [0.1, 0.15) is 18.9 Å². The molecule has 0 saturated carbocycles. The third-order valence-electron chi connectivity index (χ3n) is 2.96. The summed E-state index contributed by atoms with van der Waals surface area (Å²) in [6.45, 7) is 4.04. The summed E-state index contributed by atoms with van der Waals surface area (Å²) in [6, 6.07) is 4.14. The summed E-state index contributed by atoms with van der Waals surface area (Å²) in [7, 11) is 1.68. The lowest BCUT2D eigenvalue weighted by Gasteiger charge is -2.15. The molecule has 1 atom stereocenters. The highest BCUT2D eigenvalue weighted by Gasteiger charge is 2.17. The maximum absolute atomic E-state index is 11.6. The number of nitrogens with zero attached hydrogens (tertiary/aromatic N) is 1. The van der Waals surface area contributed by atoms with E-state index < -0.39 is 11.0 Å². The number of likely N-dealkylation sites (N-methyl/N-ethyl adjacent to an activating group) is 1. The number of hydrogen-bond donors (Lipinski definition) is 1. The van der Waals surface area contributed by atoms with Gasteiger partial charge < -0.3 is 14.8 Å². The molecular formula is C14H20N2O5. The molecule has 7 nitrogen and oxygen atoms in total. The maximum Gasteiger partial charge on any atom is 0.323 e. The molecule has 0 fully saturated rings. The Morgan fingerprint density at radius 2 is 2.19 bits per heavy atom. The van der Waals surface area contributed by atoms with Gasteiger partial charge in [-0.05, 0) is 33.0 Å². The number of esters is 1. The number of carbonyl (C=O) groups is 1. The van der Waals surface area contributed by atoms with E-state index in [-0.39, 0.29) is 11.7 Å². The van der Waals surface area contributed by atoms with Crippen molar-refractivity contribution in [1.29, 1.82) is 0 Å². The number of benzene rings is 1. The topological polar surface area (TPSA) is 90.7 Å². The van der Waals surface area contributed by atoms with Crippen molar-refractivity contribution in [2.75, 3.05) is 20.3 Å². The molecule has 1 aromatic carbocycles. The van der Waals surface area contributed by atoms with Gasteiger partial charge in [0.05, 0.1) is 18.1 Å². The molecule has 0 saturated heterocycles. The van der Waals surface area contributed by atoms with E-state index in [1.165, 1.54) is 6.07 Å². The Hall–Kier alpha value is -2.15. The van der Waals surface area contributed by atoms with Crippen LogP contribution in [0.3, 0.4) is 0 Å². The van der Waals surface area contributed by atoms with Crippen molar-refractivity contribution in [3.8, 4) is 5.75 Å². The number of hydrogen-bond acceptors (Lipinski definition) is 6. The molecule has 0 aliphatic rings. The minimum atomic E-state index is -0.434. The molecule has 0 aromatic heterocycles. The van der Waals surface area contributed by atoms with Crippen molar-refractivity contribution >= 4 is 11.7 Å². The standard InChI is InChI=1S/C14H20N2O5/c1-4-20-14(17)12(15-3)7-8-21-11-5-6-13(16(18)19)10(2)9-11/h5-6,9,12,15H,4,7-8H2,1-3H3. The average molecular weight is 296 g/mol. The highest BCUT2D eigenvalue weighted by molar-refractivity contribution is 5.75.